The van der Waals surface area contributed by atoms with Gasteiger partial charge in [0.2, 0.25) is 11.8 Å². The molecule has 0 aromatic carbocycles. The van der Waals surface area contributed by atoms with Crippen LogP contribution in [0.4, 0.5) is 11.6 Å². The summed E-state index contributed by atoms with van der Waals surface area (Å²) in [5.74, 6) is 1.20. The summed E-state index contributed by atoms with van der Waals surface area (Å²) < 4.78 is 0. The van der Waals surface area contributed by atoms with E-state index in [0.29, 0.717) is 17.6 Å². The SMILES string of the molecule is O=C(Cc1ccccn1)Nc1ccc(C2CCCCC2)nn1.O=C(Cc1ccccn1)Nc1cccnn1. The molecular formula is C28H30N8O2. The van der Waals surface area contributed by atoms with Crippen molar-refractivity contribution in [3.8, 4) is 0 Å². The Balaban J connectivity index is 0.000000186. The van der Waals surface area contributed by atoms with Crippen molar-refractivity contribution in [2.45, 2.75) is 50.9 Å². The highest BCUT2D eigenvalue weighted by Crippen LogP contribution is 2.31. The average molecular weight is 511 g/mol. The fourth-order valence-electron chi connectivity index (χ4n) is 4.10. The van der Waals surface area contributed by atoms with Crippen molar-refractivity contribution in [3.63, 3.8) is 0 Å². The lowest BCUT2D eigenvalue weighted by atomic mass is 9.87. The van der Waals surface area contributed by atoms with Gasteiger partial charge in [0, 0.05) is 35.9 Å². The predicted octanol–water partition coefficient (Wildman–Crippen LogP) is 4.15. The molecule has 0 aliphatic heterocycles. The van der Waals surface area contributed by atoms with E-state index in [1.165, 1.54) is 32.1 Å². The van der Waals surface area contributed by atoms with E-state index >= 15 is 0 Å². The number of rotatable bonds is 7. The first-order valence-electron chi connectivity index (χ1n) is 12.7. The maximum Gasteiger partial charge on any atom is 0.231 e. The average Bonchev–Trinajstić information content (AvgIpc) is 2.96. The molecule has 2 amide bonds. The van der Waals surface area contributed by atoms with Crippen molar-refractivity contribution in [2.75, 3.05) is 10.6 Å². The summed E-state index contributed by atoms with van der Waals surface area (Å²) in [6.07, 6.45) is 11.6. The highest BCUT2D eigenvalue weighted by molar-refractivity contribution is 5.91. The van der Waals surface area contributed by atoms with Crippen LogP contribution in [0.3, 0.4) is 0 Å². The molecule has 2 N–H and O–H groups in total. The number of aromatic nitrogens is 6. The molecule has 10 nitrogen and oxygen atoms in total. The van der Waals surface area contributed by atoms with Gasteiger partial charge in [-0.25, -0.2) is 0 Å². The van der Waals surface area contributed by atoms with E-state index < -0.39 is 0 Å². The van der Waals surface area contributed by atoms with Gasteiger partial charge >= 0.3 is 0 Å². The molecule has 0 saturated heterocycles. The molecule has 0 spiro atoms. The third kappa shape index (κ3) is 8.81. The summed E-state index contributed by atoms with van der Waals surface area (Å²) in [4.78, 5) is 31.7. The summed E-state index contributed by atoms with van der Waals surface area (Å²) >= 11 is 0. The Morgan fingerprint density at radius 1 is 0.658 bits per heavy atom. The van der Waals surface area contributed by atoms with E-state index in [4.69, 9.17) is 0 Å². The van der Waals surface area contributed by atoms with Gasteiger partial charge < -0.3 is 10.6 Å². The minimum absolute atomic E-state index is 0.126. The van der Waals surface area contributed by atoms with Crippen LogP contribution in [0.15, 0.2) is 79.3 Å². The molecule has 0 radical (unpaired) electrons. The van der Waals surface area contributed by atoms with Crippen LogP contribution in [0, 0.1) is 0 Å². The van der Waals surface area contributed by atoms with E-state index in [1.807, 2.05) is 42.5 Å². The van der Waals surface area contributed by atoms with Gasteiger partial charge in [-0.15, -0.1) is 10.2 Å². The first-order chi connectivity index (χ1) is 18.7. The number of hydrogen-bond acceptors (Lipinski definition) is 8. The normalized spacial score (nSPS) is 13.1. The Morgan fingerprint density at radius 3 is 1.79 bits per heavy atom. The van der Waals surface area contributed by atoms with Gasteiger partial charge in [-0.3, -0.25) is 19.6 Å². The van der Waals surface area contributed by atoms with Crippen molar-refractivity contribution in [2.24, 2.45) is 0 Å². The maximum atomic E-state index is 11.9. The van der Waals surface area contributed by atoms with Crippen molar-refractivity contribution in [1.82, 2.24) is 30.4 Å². The summed E-state index contributed by atoms with van der Waals surface area (Å²) in [6, 6.07) is 18.2. The summed E-state index contributed by atoms with van der Waals surface area (Å²) in [5, 5.41) is 21.2. The molecule has 1 fully saturated rings. The highest BCUT2D eigenvalue weighted by atomic mass is 16.2. The van der Waals surface area contributed by atoms with Crippen molar-refractivity contribution in [1.29, 1.82) is 0 Å². The quantitative estimate of drug-likeness (QED) is 0.378. The first-order valence-corrected chi connectivity index (χ1v) is 12.7. The third-order valence-corrected chi connectivity index (χ3v) is 5.95. The van der Waals surface area contributed by atoms with Crippen LogP contribution < -0.4 is 10.6 Å². The van der Waals surface area contributed by atoms with E-state index in [-0.39, 0.29) is 24.7 Å². The van der Waals surface area contributed by atoms with Crippen LogP contribution in [-0.2, 0) is 22.4 Å². The molecule has 4 aromatic heterocycles. The van der Waals surface area contributed by atoms with Gasteiger partial charge in [-0.05, 0) is 61.4 Å². The van der Waals surface area contributed by atoms with Gasteiger partial charge in [-0.2, -0.15) is 10.2 Å². The van der Waals surface area contributed by atoms with E-state index in [0.717, 1.165) is 17.1 Å². The zero-order valence-corrected chi connectivity index (χ0v) is 21.0. The van der Waals surface area contributed by atoms with Crippen LogP contribution in [0.5, 0.6) is 0 Å². The van der Waals surface area contributed by atoms with E-state index in [9.17, 15) is 9.59 Å². The number of nitrogens with one attached hydrogen (secondary N) is 2. The summed E-state index contributed by atoms with van der Waals surface area (Å²) in [5.41, 5.74) is 2.51. The minimum atomic E-state index is -0.154. The molecule has 38 heavy (non-hydrogen) atoms. The van der Waals surface area contributed by atoms with Gasteiger partial charge in [0.1, 0.15) is 0 Å². The van der Waals surface area contributed by atoms with Gasteiger partial charge in [-0.1, -0.05) is 31.4 Å². The Labute approximate surface area is 221 Å². The minimum Gasteiger partial charge on any atom is -0.309 e. The monoisotopic (exact) mass is 510 g/mol. The molecule has 194 valence electrons. The van der Waals surface area contributed by atoms with Crippen LogP contribution in [-0.4, -0.2) is 42.2 Å². The maximum absolute atomic E-state index is 11.9. The van der Waals surface area contributed by atoms with E-state index in [1.54, 1.807) is 36.8 Å². The number of nitrogens with zero attached hydrogens (tertiary/aromatic N) is 6. The van der Waals surface area contributed by atoms with Gasteiger partial charge in [0.25, 0.3) is 0 Å². The molecule has 5 rings (SSSR count). The lowest BCUT2D eigenvalue weighted by molar-refractivity contribution is -0.116. The number of carbonyl (C=O) groups is 2. The molecular weight excluding hydrogens is 480 g/mol. The van der Waals surface area contributed by atoms with Crippen LogP contribution in [0.2, 0.25) is 0 Å². The molecule has 0 atom stereocenters. The summed E-state index contributed by atoms with van der Waals surface area (Å²) in [6.45, 7) is 0. The fraction of sp³-hybridized carbons (Fsp3) is 0.286. The second-order valence-corrected chi connectivity index (χ2v) is 8.88. The lowest BCUT2D eigenvalue weighted by Crippen LogP contribution is -2.17. The van der Waals surface area contributed by atoms with Crippen LogP contribution in [0.1, 0.15) is 55.1 Å². The zero-order valence-electron chi connectivity index (χ0n) is 21.0. The number of anilines is 2. The molecule has 10 heteroatoms. The molecule has 1 aliphatic carbocycles. The zero-order chi connectivity index (χ0) is 26.4. The van der Waals surface area contributed by atoms with Gasteiger partial charge in [0.15, 0.2) is 11.6 Å². The van der Waals surface area contributed by atoms with Crippen LogP contribution >= 0.6 is 0 Å². The van der Waals surface area contributed by atoms with Crippen LogP contribution in [0.25, 0.3) is 0 Å². The fourth-order valence-corrected chi connectivity index (χ4v) is 4.10. The standard InChI is InChI=1S/C17H20N4O.C11H10N4O/c22-17(12-14-8-4-5-11-18-14)19-16-10-9-15(20-21-16)13-6-2-1-3-7-13;16-11(8-9-4-1-2-6-12-9)14-10-5-3-7-13-15-10/h4-5,8-11,13H,1-3,6-7,12H2,(H,19,21,22);1-7H,8H2,(H,14,15,16). The molecule has 1 saturated carbocycles. The molecule has 1 aliphatic rings. The number of pyridine rings is 2. The van der Waals surface area contributed by atoms with Crippen molar-refractivity contribution in [3.05, 3.63) is 96.3 Å². The Hall–Kier alpha value is -4.60. The smallest absolute Gasteiger partial charge is 0.231 e. The number of hydrogen-bond donors (Lipinski definition) is 2. The Morgan fingerprint density at radius 2 is 1.29 bits per heavy atom. The van der Waals surface area contributed by atoms with Gasteiger partial charge in [0.05, 0.1) is 18.5 Å². The van der Waals surface area contributed by atoms with Crippen molar-refractivity contribution < 1.29 is 9.59 Å². The molecule has 0 unspecified atom stereocenters. The van der Waals surface area contributed by atoms with E-state index in [2.05, 4.69) is 41.0 Å². The first kappa shape index (κ1) is 26.5. The second-order valence-electron chi connectivity index (χ2n) is 8.88. The topological polar surface area (TPSA) is 136 Å². The Bertz CT molecular complexity index is 1220. The largest absolute Gasteiger partial charge is 0.309 e. The molecule has 4 aromatic rings. The predicted molar refractivity (Wildman–Crippen MR) is 143 cm³/mol. The van der Waals surface area contributed by atoms with Crippen molar-refractivity contribution >= 4 is 23.5 Å². The molecule has 0 bridgehead atoms. The Kier molecular flexibility index (Phi) is 9.90. The second kappa shape index (κ2) is 14.2. The number of carbonyl (C=O) groups excluding carboxylic acids is 2. The lowest BCUT2D eigenvalue weighted by Gasteiger charge is -2.20. The summed E-state index contributed by atoms with van der Waals surface area (Å²) in [7, 11) is 0. The number of amides is 2. The molecule has 4 heterocycles. The highest BCUT2D eigenvalue weighted by Gasteiger charge is 2.17. The third-order valence-electron chi connectivity index (χ3n) is 5.95.